The van der Waals surface area contributed by atoms with Crippen molar-refractivity contribution in [1.82, 2.24) is 10.2 Å². The molecule has 5 nitrogen and oxygen atoms in total. The van der Waals surface area contributed by atoms with E-state index in [0.29, 0.717) is 19.6 Å². The zero-order valence-corrected chi connectivity index (χ0v) is 11.2. The summed E-state index contributed by atoms with van der Waals surface area (Å²) in [5, 5.41) is 11.6. The molecule has 1 fully saturated rings. The van der Waals surface area contributed by atoms with Gasteiger partial charge in [0.1, 0.15) is 11.9 Å². The van der Waals surface area contributed by atoms with Gasteiger partial charge in [0, 0.05) is 19.6 Å². The van der Waals surface area contributed by atoms with Crippen LogP contribution in [0.3, 0.4) is 0 Å². The molecule has 0 spiro atoms. The molecule has 2 rings (SSSR count). The number of rotatable bonds is 4. The van der Waals surface area contributed by atoms with Gasteiger partial charge in [-0.15, -0.1) is 0 Å². The number of piperazine rings is 1. The third kappa shape index (κ3) is 3.33. The fourth-order valence-corrected chi connectivity index (χ4v) is 2.37. The average Bonchev–Trinajstić information content (AvgIpc) is 2.37. The van der Waals surface area contributed by atoms with Gasteiger partial charge in [-0.05, 0) is 30.2 Å². The van der Waals surface area contributed by atoms with Crippen LogP contribution in [-0.2, 0) is 16.1 Å². The van der Waals surface area contributed by atoms with Crippen LogP contribution in [0.5, 0.6) is 0 Å². The van der Waals surface area contributed by atoms with Gasteiger partial charge < -0.3 is 10.4 Å². The van der Waals surface area contributed by atoms with E-state index >= 15 is 0 Å². The molecule has 0 aromatic heterocycles. The van der Waals surface area contributed by atoms with Crippen molar-refractivity contribution in [3.8, 4) is 0 Å². The third-order valence-corrected chi connectivity index (χ3v) is 3.49. The molecule has 0 saturated carbocycles. The number of carbonyl (C=O) groups is 2. The lowest BCUT2D eigenvalue weighted by atomic mass is 10.0. The molecule has 1 atom stereocenters. The highest BCUT2D eigenvalue weighted by atomic mass is 19.1. The zero-order chi connectivity index (χ0) is 14.7. The number of hydrogen-bond donors (Lipinski definition) is 2. The first kappa shape index (κ1) is 14.5. The minimum absolute atomic E-state index is 0.250. The largest absolute Gasteiger partial charge is 0.481 e. The van der Waals surface area contributed by atoms with Crippen molar-refractivity contribution in [2.24, 2.45) is 0 Å². The lowest BCUT2D eigenvalue weighted by Crippen LogP contribution is -2.55. The molecule has 0 bridgehead atoms. The molecular weight excluding hydrogens is 263 g/mol. The summed E-state index contributed by atoms with van der Waals surface area (Å²) in [6.07, 6.45) is -0.250. The lowest BCUT2D eigenvalue weighted by Gasteiger charge is -2.34. The Morgan fingerprint density at radius 1 is 1.55 bits per heavy atom. The zero-order valence-electron chi connectivity index (χ0n) is 11.2. The fourth-order valence-electron chi connectivity index (χ4n) is 2.37. The number of carboxylic acid groups (broad SMARTS) is 1. The molecule has 20 heavy (non-hydrogen) atoms. The maximum absolute atomic E-state index is 13.3. The highest BCUT2D eigenvalue weighted by Crippen LogP contribution is 2.17. The number of carboxylic acids is 1. The molecule has 0 radical (unpaired) electrons. The number of halogens is 1. The molecule has 1 aromatic carbocycles. The van der Waals surface area contributed by atoms with Gasteiger partial charge in [-0.3, -0.25) is 14.5 Å². The second kappa shape index (κ2) is 6.00. The van der Waals surface area contributed by atoms with Crippen molar-refractivity contribution >= 4 is 11.9 Å². The van der Waals surface area contributed by atoms with Crippen LogP contribution in [0.4, 0.5) is 4.39 Å². The smallest absolute Gasteiger partial charge is 0.305 e. The molecule has 6 heteroatoms. The minimum atomic E-state index is -1.02. The van der Waals surface area contributed by atoms with E-state index in [9.17, 15) is 14.0 Å². The Balaban J connectivity index is 2.18. The highest BCUT2D eigenvalue weighted by Gasteiger charge is 2.31. The fraction of sp³-hybridized carbons (Fsp3) is 0.429. The lowest BCUT2D eigenvalue weighted by molar-refractivity contribution is -0.143. The summed E-state index contributed by atoms with van der Waals surface area (Å²) in [6, 6.07) is 3.79. The van der Waals surface area contributed by atoms with Crippen molar-refractivity contribution in [3.05, 3.63) is 35.1 Å². The summed E-state index contributed by atoms with van der Waals surface area (Å²) in [4.78, 5) is 24.4. The van der Waals surface area contributed by atoms with Crippen LogP contribution in [-0.4, -0.2) is 41.0 Å². The molecule has 1 aliphatic heterocycles. The Labute approximate surface area is 116 Å². The topological polar surface area (TPSA) is 69.6 Å². The average molecular weight is 280 g/mol. The van der Waals surface area contributed by atoms with Crippen molar-refractivity contribution < 1.29 is 19.1 Å². The van der Waals surface area contributed by atoms with Gasteiger partial charge >= 0.3 is 5.97 Å². The summed E-state index contributed by atoms with van der Waals surface area (Å²) in [5.41, 5.74) is 1.70. The molecule has 108 valence electrons. The van der Waals surface area contributed by atoms with Gasteiger partial charge in [-0.2, -0.15) is 0 Å². The Hall–Kier alpha value is -1.95. The third-order valence-electron chi connectivity index (χ3n) is 3.49. The normalized spacial score (nSPS) is 19.7. The Kier molecular flexibility index (Phi) is 4.34. The molecular formula is C14H17FN2O3. The van der Waals surface area contributed by atoms with Crippen molar-refractivity contribution in [2.75, 3.05) is 13.1 Å². The number of aryl methyl sites for hydroxylation is 1. The van der Waals surface area contributed by atoms with Crippen LogP contribution in [0, 0.1) is 12.7 Å². The summed E-state index contributed by atoms with van der Waals surface area (Å²) in [5.74, 6) is -1.64. The van der Waals surface area contributed by atoms with Gasteiger partial charge in [0.05, 0.1) is 6.42 Å². The number of amides is 1. The number of aliphatic carboxylic acids is 1. The summed E-state index contributed by atoms with van der Waals surface area (Å²) in [6.45, 7) is 3.27. The van der Waals surface area contributed by atoms with Crippen molar-refractivity contribution in [1.29, 1.82) is 0 Å². The Morgan fingerprint density at radius 2 is 2.30 bits per heavy atom. The molecule has 1 unspecified atom stereocenters. The van der Waals surface area contributed by atoms with Gasteiger partial charge in [-0.1, -0.05) is 6.07 Å². The molecule has 2 N–H and O–H groups in total. The van der Waals surface area contributed by atoms with Gasteiger partial charge in [0.25, 0.3) is 0 Å². The van der Waals surface area contributed by atoms with Crippen LogP contribution in [0.25, 0.3) is 0 Å². The van der Waals surface area contributed by atoms with Crippen molar-refractivity contribution in [3.63, 3.8) is 0 Å². The standard InChI is InChI=1S/C14H17FN2O3/c1-9-2-3-11(15)6-10(9)8-17-5-4-16-14(20)12(17)7-13(18)19/h2-3,6,12H,4-5,7-8H2,1H3,(H,16,20)(H,18,19). The monoisotopic (exact) mass is 280 g/mol. The summed E-state index contributed by atoms with van der Waals surface area (Å²) in [7, 11) is 0. The molecule has 1 saturated heterocycles. The first-order chi connectivity index (χ1) is 9.47. The quantitative estimate of drug-likeness (QED) is 0.860. The van der Waals surface area contributed by atoms with E-state index in [1.54, 1.807) is 11.0 Å². The van der Waals surface area contributed by atoms with E-state index in [1.165, 1.54) is 12.1 Å². The second-order valence-electron chi connectivity index (χ2n) is 4.95. The Morgan fingerprint density at radius 3 is 3.00 bits per heavy atom. The van der Waals surface area contributed by atoms with Crippen LogP contribution in [0.1, 0.15) is 17.5 Å². The number of nitrogens with zero attached hydrogens (tertiary/aromatic N) is 1. The van der Waals surface area contributed by atoms with E-state index in [0.717, 1.165) is 11.1 Å². The first-order valence-corrected chi connectivity index (χ1v) is 6.46. The Bertz CT molecular complexity index is 533. The van der Waals surface area contributed by atoms with Gasteiger partial charge in [0.15, 0.2) is 0 Å². The minimum Gasteiger partial charge on any atom is -0.481 e. The predicted octanol–water partition coefficient (Wildman–Crippen LogP) is 0.909. The SMILES string of the molecule is Cc1ccc(F)cc1CN1CCNC(=O)C1CC(=O)O. The van der Waals surface area contributed by atoms with Crippen LogP contribution >= 0.6 is 0 Å². The number of benzene rings is 1. The van der Waals surface area contributed by atoms with Crippen LogP contribution in [0.15, 0.2) is 18.2 Å². The maximum Gasteiger partial charge on any atom is 0.305 e. The van der Waals surface area contributed by atoms with E-state index < -0.39 is 12.0 Å². The van der Waals surface area contributed by atoms with E-state index in [4.69, 9.17) is 5.11 Å². The summed E-state index contributed by atoms with van der Waals surface area (Å²) < 4.78 is 13.3. The highest BCUT2D eigenvalue weighted by molar-refractivity contribution is 5.86. The number of carbonyl (C=O) groups excluding carboxylic acids is 1. The van der Waals surface area contributed by atoms with Crippen LogP contribution < -0.4 is 5.32 Å². The van der Waals surface area contributed by atoms with E-state index in [2.05, 4.69) is 5.32 Å². The summed E-state index contributed by atoms with van der Waals surface area (Å²) >= 11 is 0. The van der Waals surface area contributed by atoms with E-state index in [1.807, 2.05) is 6.92 Å². The first-order valence-electron chi connectivity index (χ1n) is 6.46. The molecule has 0 aliphatic carbocycles. The van der Waals surface area contributed by atoms with Crippen molar-refractivity contribution in [2.45, 2.75) is 25.9 Å². The molecule has 1 aliphatic rings. The number of hydrogen-bond acceptors (Lipinski definition) is 3. The molecule has 1 aromatic rings. The molecule has 1 amide bonds. The van der Waals surface area contributed by atoms with Gasteiger partial charge in [-0.25, -0.2) is 4.39 Å². The predicted molar refractivity (Wildman–Crippen MR) is 70.6 cm³/mol. The van der Waals surface area contributed by atoms with E-state index in [-0.39, 0.29) is 18.1 Å². The van der Waals surface area contributed by atoms with Crippen LogP contribution in [0.2, 0.25) is 0 Å². The maximum atomic E-state index is 13.3. The second-order valence-corrected chi connectivity index (χ2v) is 4.95. The van der Waals surface area contributed by atoms with Gasteiger partial charge in [0.2, 0.25) is 5.91 Å². The number of nitrogens with one attached hydrogen (secondary N) is 1. The molecule has 1 heterocycles.